The molecule has 0 bridgehead atoms. The van der Waals surface area contributed by atoms with Crippen molar-refractivity contribution in [1.82, 2.24) is 34.6 Å². The number of likely N-dealkylation sites (N-methyl/N-ethyl adjacent to an activating group) is 1. The number of anilines is 1. The van der Waals surface area contributed by atoms with E-state index in [9.17, 15) is 4.39 Å². The van der Waals surface area contributed by atoms with E-state index in [-0.39, 0.29) is 11.6 Å². The highest BCUT2D eigenvalue weighted by Gasteiger charge is 2.49. The van der Waals surface area contributed by atoms with Crippen molar-refractivity contribution in [2.75, 3.05) is 45.2 Å². The van der Waals surface area contributed by atoms with Crippen LogP contribution in [-0.4, -0.2) is 92.4 Å². The molecule has 2 saturated heterocycles. The Bertz CT molecular complexity index is 1680. The van der Waals surface area contributed by atoms with E-state index in [0.29, 0.717) is 61.8 Å². The number of amidine groups is 1. The molecule has 0 spiro atoms. The van der Waals surface area contributed by atoms with Gasteiger partial charge in [-0.25, -0.2) is 10.2 Å². The van der Waals surface area contributed by atoms with Crippen LogP contribution in [0.5, 0.6) is 6.01 Å². The van der Waals surface area contributed by atoms with Crippen molar-refractivity contribution in [3.05, 3.63) is 63.1 Å². The molecule has 4 aliphatic rings. The lowest BCUT2D eigenvalue weighted by molar-refractivity contribution is 0.106. The lowest BCUT2D eigenvalue weighted by atomic mass is 9.89. The van der Waals surface area contributed by atoms with E-state index < -0.39 is 6.17 Å². The SMILES string of the molecule is CCCc1ccccc1C1Cc2nc(OC[C@@]34CCCN3CC(F)C4)nc(N3CCCn4nc(/C(=N/N)N(C)N)c(Cl)c4C3)c2CN1C. The van der Waals surface area contributed by atoms with Gasteiger partial charge in [-0.05, 0) is 50.4 Å². The van der Waals surface area contributed by atoms with Crippen molar-refractivity contribution in [1.29, 1.82) is 0 Å². The Morgan fingerprint density at radius 2 is 2.02 bits per heavy atom. The predicted molar refractivity (Wildman–Crippen MR) is 185 cm³/mol. The molecule has 3 atom stereocenters. The van der Waals surface area contributed by atoms with Crippen LogP contribution >= 0.6 is 11.6 Å². The molecule has 0 amide bonds. The van der Waals surface area contributed by atoms with Crippen molar-refractivity contribution in [2.45, 2.75) is 89.3 Å². The van der Waals surface area contributed by atoms with Gasteiger partial charge in [-0.2, -0.15) is 20.2 Å². The number of hydrogen-bond donors (Lipinski definition) is 2. The number of halogens is 2. The number of benzene rings is 1. The molecule has 3 aromatic rings. The summed E-state index contributed by atoms with van der Waals surface area (Å²) in [6.45, 7) is 6.58. The second-order valence-electron chi connectivity index (χ2n) is 13.9. The van der Waals surface area contributed by atoms with E-state index in [1.165, 1.54) is 16.1 Å². The van der Waals surface area contributed by atoms with Crippen LogP contribution < -0.4 is 21.3 Å². The Balaban J connectivity index is 1.26. The first kappa shape index (κ1) is 33.0. The molecule has 0 radical (unpaired) electrons. The summed E-state index contributed by atoms with van der Waals surface area (Å²) >= 11 is 6.97. The fraction of sp³-hybridized carbons (Fsp3) is 0.588. The molecule has 4 N–H and O–H groups in total. The first-order chi connectivity index (χ1) is 23.2. The molecule has 2 unspecified atom stereocenters. The van der Waals surface area contributed by atoms with Gasteiger partial charge in [0.25, 0.3) is 0 Å². The quantitative estimate of drug-likeness (QED) is 0.157. The number of aromatic nitrogens is 4. The van der Waals surface area contributed by atoms with Gasteiger partial charge in [0.2, 0.25) is 0 Å². The van der Waals surface area contributed by atoms with Crippen LogP contribution in [0.1, 0.15) is 78.8 Å². The highest BCUT2D eigenvalue weighted by Crippen LogP contribution is 2.42. The fourth-order valence-electron chi connectivity index (χ4n) is 8.33. The Morgan fingerprint density at radius 1 is 1.19 bits per heavy atom. The summed E-state index contributed by atoms with van der Waals surface area (Å²) in [5, 5.41) is 10.4. The molecular formula is C34H47ClFN11O. The Labute approximate surface area is 286 Å². The molecule has 6 heterocycles. The van der Waals surface area contributed by atoms with Gasteiger partial charge in [-0.15, -0.1) is 0 Å². The molecule has 2 fully saturated rings. The monoisotopic (exact) mass is 679 g/mol. The fourth-order valence-corrected chi connectivity index (χ4v) is 8.61. The summed E-state index contributed by atoms with van der Waals surface area (Å²) in [5.74, 6) is 12.8. The number of alkyl halides is 1. The van der Waals surface area contributed by atoms with E-state index in [2.05, 4.69) is 58.0 Å². The van der Waals surface area contributed by atoms with Crippen molar-refractivity contribution in [2.24, 2.45) is 16.8 Å². The number of ether oxygens (including phenoxy) is 1. The first-order valence-electron chi connectivity index (χ1n) is 17.2. The molecule has 0 aliphatic carbocycles. The Morgan fingerprint density at radius 3 is 2.81 bits per heavy atom. The number of hydrazone groups is 1. The Kier molecular flexibility index (Phi) is 9.22. The number of hydrazine groups is 1. The molecule has 1 aromatic carbocycles. The lowest BCUT2D eigenvalue weighted by Crippen LogP contribution is -2.43. The molecular weight excluding hydrogens is 633 g/mol. The van der Waals surface area contributed by atoms with E-state index in [1.54, 1.807) is 7.05 Å². The predicted octanol–water partition coefficient (Wildman–Crippen LogP) is 3.80. The number of hydrogen-bond acceptors (Lipinski definition) is 10. The van der Waals surface area contributed by atoms with Crippen LogP contribution in [0.3, 0.4) is 0 Å². The maximum absolute atomic E-state index is 14.6. The number of fused-ring (bicyclic) bond motifs is 3. The van der Waals surface area contributed by atoms with Crippen molar-refractivity contribution >= 4 is 23.3 Å². The van der Waals surface area contributed by atoms with Crippen molar-refractivity contribution < 1.29 is 9.13 Å². The highest BCUT2D eigenvalue weighted by molar-refractivity contribution is 6.34. The van der Waals surface area contributed by atoms with Gasteiger partial charge in [0.1, 0.15) is 24.3 Å². The largest absolute Gasteiger partial charge is 0.461 e. The molecule has 14 heteroatoms. The third-order valence-corrected chi connectivity index (χ3v) is 11.0. The van der Waals surface area contributed by atoms with Crippen LogP contribution in [0, 0.1) is 0 Å². The molecule has 2 aromatic heterocycles. The van der Waals surface area contributed by atoms with Crippen LogP contribution in [0.2, 0.25) is 5.02 Å². The van der Waals surface area contributed by atoms with Gasteiger partial charge in [0.05, 0.1) is 28.5 Å². The van der Waals surface area contributed by atoms with Gasteiger partial charge in [-0.1, -0.05) is 49.2 Å². The van der Waals surface area contributed by atoms with E-state index in [4.69, 9.17) is 43.1 Å². The zero-order valence-electron chi connectivity index (χ0n) is 28.2. The van der Waals surface area contributed by atoms with Gasteiger partial charge >= 0.3 is 6.01 Å². The van der Waals surface area contributed by atoms with Crippen LogP contribution in [0.15, 0.2) is 29.4 Å². The van der Waals surface area contributed by atoms with Gasteiger partial charge < -0.3 is 15.5 Å². The maximum atomic E-state index is 14.6. The van der Waals surface area contributed by atoms with Crippen molar-refractivity contribution in [3.8, 4) is 6.01 Å². The van der Waals surface area contributed by atoms with Gasteiger partial charge in [-0.3, -0.25) is 19.5 Å². The maximum Gasteiger partial charge on any atom is 0.318 e. The summed E-state index contributed by atoms with van der Waals surface area (Å²) in [4.78, 5) is 17.2. The number of nitrogens with zero attached hydrogens (tertiary/aromatic N) is 9. The minimum atomic E-state index is -0.825. The third kappa shape index (κ3) is 5.99. The summed E-state index contributed by atoms with van der Waals surface area (Å²) < 4.78 is 23.0. The summed E-state index contributed by atoms with van der Waals surface area (Å²) in [7, 11) is 3.84. The number of rotatable bonds is 8. The van der Waals surface area contributed by atoms with Crippen LogP contribution in [0.4, 0.5) is 10.2 Å². The minimum Gasteiger partial charge on any atom is -0.461 e. The molecule has 48 heavy (non-hydrogen) atoms. The summed E-state index contributed by atoms with van der Waals surface area (Å²) in [5.41, 5.74) is 5.81. The second kappa shape index (κ2) is 13.4. The van der Waals surface area contributed by atoms with Gasteiger partial charge in [0, 0.05) is 57.7 Å². The zero-order valence-corrected chi connectivity index (χ0v) is 29.0. The second-order valence-corrected chi connectivity index (χ2v) is 14.3. The first-order valence-corrected chi connectivity index (χ1v) is 17.6. The van der Waals surface area contributed by atoms with Crippen molar-refractivity contribution in [3.63, 3.8) is 0 Å². The van der Waals surface area contributed by atoms with Crippen LogP contribution in [0.25, 0.3) is 0 Å². The minimum absolute atomic E-state index is 0.173. The topological polar surface area (TPSA) is 130 Å². The molecule has 12 nitrogen and oxygen atoms in total. The number of nitrogens with two attached hydrogens (primary N) is 2. The molecule has 7 rings (SSSR count). The zero-order chi connectivity index (χ0) is 33.6. The number of aryl methyl sites for hydroxylation is 2. The summed E-state index contributed by atoms with van der Waals surface area (Å²) in [6.07, 6.45) is 5.33. The lowest BCUT2D eigenvalue weighted by Gasteiger charge is -2.37. The van der Waals surface area contributed by atoms with E-state index in [0.717, 1.165) is 74.4 Å². The van der Waals surface area contributed by atoms with Crippen LogP contribution in [-0.2, 0) is 32.5 Å². The normalized spacial score (nSPS) is 24.7. The molecule has 0 saturated carbocycles. The summed E-state index contributed by atoms with van der Waals surface area (Å²) in [6, 6.07) is 9.28. The standard InChI is InChI=1S/C34H47ClFN11O/c1-4-9-22-10-5-6-11-24(22)27-16-26-25(19-43(27)2)31(40-33(39-26)48-21-34-12-7-14-46(34)18-23(36)17-34)45-13-8-15-47-28(20-45)29(35)30(42-47)32(41-37)44(3)38/h5-6,10-11,23,27H,4,7-9,12-21,37-38H2,1-3H3/b41-32-/t23?,27?,34-/m0/s1. The smallest absolute Gasteiger partial charge is 0.318 e. The average Bonchev–Trinajstić information content (AvgIpc) is 3.63. The highest BCUT2D eigenvalue weighted by atomic mass is 35.5. The van der Waals surface area contributed by atoms with E-state index >= 15 is 0 Å². The third-order valence-electron chi connectivity index (χ3n) is 10.6. The molecule has 258 valence electrons. The van der Waals surface area contributed by atoms with Gasteiger partial charge in [0.15, 0.2) is 5.84 Å². The average molecular weight is 680 g/mol. The van der Waals surface area contributed by atoms with E-state index in [1.807, 2.05) is 4.68 Å². The molecule has 4 aliphatic heterocycles. The Hall–Kier alpha value is -3.52.